The van der Waals surface area contributed by atoms with E-state index in [-0.39, 0.29) is 25.4 Å². The van der Waals surface area contributed by atoms with Crippen LogP contribution in [0, 0.1) is 11.3 Å². The number of nitrogens with one attached hydrogen (secondary N) is 1. The molecule has 1 atom stereocenters. The molecule has 0 spiro atoms. The summed E-state index contributed by atoms with van der Waals surface area (Å²) in [5.74, 6) is -0.291. The first kappa shape index (κ1) is 22.0. The van der Waals surface area contributed by atoms with E-state index >= 15 is 0 Å². The van der Waals surface area contributed by atoms with E-state index in [0.717, 1.165) is 5.56 Å². The molecule has 0 aliphatic carbocycles. The van der Waals surface area contributed by atoms with Gasteiger partial charge in [-0.2, -0.15) is 5.26 Å². The molecule has 0 unspecified atom stereocenters. The Morgan fingerprint density at radius 3 is 2.38 bits per heavy atom. The first-order valence-electron chi connectivity index (χ1n) is 9.59. The van der Waals surface area contributed by atoms with Gasteiger partial charge in [-0.15, -0.1) is 0 Å². The zero-order chi connectivity index (χ0) is 21.1. The number of benzene rings is 1. The van der Waals surface area contributed by atoms with E-state index in [2.05, 4.69) is 5.32 Å². The highest BCUT2D eigenvalue weighted by molar-refractivity contribution is 5.86. The van der Waals surface area contributed by atoms with Crippen LogP contribution in [0.5, 0.6) is 0 Å². The number of carbonyl (C=O) groups excluding carboxylic acids is 3. The summed E-state index contributed by atoms with van der Waals surface area (Å²) in [4.78, 5) is 39.9. The number of nitrogens with zero attached hydrogens (tertiary/aromatic N) is 3. The Balaban J connectivity index is 1.88. The minimum atomic E-state index is -0.855. The smallest absolute Gasteiger partial charge is 0.409 e. The first-order valence-corrected chi connectivity index (χ1v) is 9.59. The van der Waals surface area contributed by atoms with Crippen LogP contribution in [-0.4, -0.2) is 66.7 Å². The summed E-state index contributed by atoms with van der Waals surface area (Å²) in [5, 5.41) is 11.4. The van der Waals surface area contributed by atoms with Crippen LogP contribution < -0.4 is 5.32 Å². The van der Waals surface area contributed by atoms with E-state index in [1.165, 1.54) is 0 Å². The maximum Gasteiger partial charge on any atom is 0.409 e. The van der Waals surface area contributed by atoms with E-state index in [0.29, 0.717) is 32.8 Å². The summed E-state index contributed by atoms with van der Waals surface area (Å²) >= 11 is 0. The van der Waals surface area contributed by atoms with Crippen molar-refractivity contribution in [3.63, 3.8) is 0 Å². The van der Waals surface area contributed by atoms with Gasteiger partial charge in [0.15, 0.2) is 0 Å². The van der Waals surface area contributed by atoms with Crippen molar-refractivity contribution in [3.8, 4) is 6.07 Å². The van der Waals surface area contributed by atoms with Crippen molar-refractivity contribution in [3.05, 3.63) is 35.9 Å². The lowest BCUT2D eigenvalue weighted by Gasteiger charge is -2.35. The Hall–Kier alpha value is -3.28. The third-order valence-electron chi connectivity index (χ3n) is 4.47. The summed E-state index contributed by atoms with van der Waals surface area (Å²) in [6.45, 7) is 3.50. The van der Waals surface area contributed by atoms with Gasteiger partial charge in [0.05, 0.1) is 12.7 Å². The second-order valence-electron chi connectivity index (χ2n) is 6.47. The largest absolute Gasteiger partial charge is 0.450 e. The standard InChI is InChI=1S/C20H26N4O5/c1-2-28-20(27)24-13-11-23(12-14-24)18(25)17(9-6-10-21)22-19(26)29-15-16-7-4-3-5-8-16/h3-5,7-8,17H,2,6,9,11-15H2,1H3,(H,22,26)/t17-/m0/s1. The molecule has 1 fully saturated rings. The number of alkyl carbamates (subject to hydrolysis) is 1. The van der Waals surface area contributed by atoms with Crippen molar-refractivity contribution < 1.29 is 23.9 Å². The van der Waals surface area contributed by atoms with Crippen molar-refractivity contribution in [1.82, 2.24) is 15.1 Å². The maximum atomic E-state index is 12.8. The molecule has 9 heteroatoms. The number of piperazine rings is 1. The highest BCUT2D eigenvalue weighted by atomic mass is 16.6. The van der Waals surface area contributed by atoms with Crippen LogP contribution in [0.1, 0.15) is 25.3 Å². The molecule has 9 nitrogen and oxygen atoms in total. The van der Waals surface area contributed by atoms with E-state index in [1.807, 2.05) is 36.4 Å². The lowest BCUT2D eigenvalue weighted by molar-refractivity contribution is -0.135. The summed E-state index contributed by atoms with van der Waals surface area (Å²) in [5.41, 5.74) is 0.831. The van der Waals surface area contributed by atoms with Crippen LogP contribution in [0.2, 0.25) is 0 Å². The van der Waals surface area contributed by atoms with Gasteiger partial charge in [-0.25, -0.2) is 9.59 Å². The van der Waals surface area contributed by atoms with Gasteiger partial charge < -0.3 is 24.6 Å². The van der Waals surface area contributed by atoms with Crippen molar-refractivity contribution >= 4 is 18.1 Å². The zero-order valence-corrected chi connectivity index (χ0v) is 16.5. The normalized spacial score (nSPS) is 14.5. The molecule has 3 amide bonds. The Kier molecular flexibility index (Phi) is 8.76. The van der Waals surface area contributed by atoms with Gasteiger partial charge in [0.25, 0.3) is 0 Å². The number of carbonyl (C=O) groups is 3. The van der Waals surface area contributed by atoms with E-state index in [4.69, 9.17) is 14.7 Å². The number of nitriles is 1. The number of amides is 3. The number of ether oxygens (including phenoxy) is 2. The van der Waals surface area contributed by atoms with E-state index in [9.17, 15) is 14.4 Å². The third-order valence-corrected chi connectivity index (χ3v) is 4.47. The van der Waals surface area contributed by atoms with Crippen LogP contribution >= 0.6 is 0 Å². The highest BCUT2D eigenvalue weighted by Gasteiger charge is 2.30. The molecule has 1 heterocycles. The first-order chi connectivity index (χ1) is 14.0. The Bertz CT molecular complexity index is 726. The molecule has 29 heavy (non-hydrogen) atoms. The average molecular weight is 402 g/mol. The molecular formula is C20H26N4O5. The molecule has 2 rings (SSSR count). The van der Waals surface area contributed by atoms with Crippen LogP contribution in [0.3, 0.4) is 0 Å². The van der Waals surface area contributed by atoms with Gasteiger partial charge in [0, 0.05) is 32.6 Å². The fourth-order valence-corrected chi connectivity index (χ4v) is 2.92. The molecule has 0 radical (unpaired) electrons. The van der Waals surface area contributed by atoms with Crippen molar-refractivity contribution in [2.75, 3.05) is 32.8 Å². The molecule has 1 saturated heterocycles. The molecule has 156 valence electrons. The molecule has 0 saturated carbocycles. The molecule has 1 aromatic carbocycles. The van der Waals surface area contributed by atoms with E-state index < -0.39 is 18.2 Å². The van der Waals surface area contributed by atoms with Gasteiger partial charge in [-0.3, -0.25) is 4.79 Å². The fraction of sp³-hybridized carbons (Fsp3) is 0.500. The van der Waals surface area contributed by atoms with Gasteiger partial charge >= 0.3 is 12.2 Å². The number of rotatable bonds is 7. The van der Waals surface area contributed by atoms with Crippen molar-refractivity contribution in [2.24, 2.45) is 0 Å². The van der Waals surface area contributed by atoms with Gasteiger partial charge in [-0.05, 0) is 18.9 Å². The lowest BCUT2D eigenvalue weighted by Crippen LogP contribution is -2.56. The molecule has 0 bridgehead atoms. The molecule has 0 aromatic heterocycles. The predicted octanol–water partition coefficient (Wildman–Crippen LogP) is 1.89. The van der Waals surface area contributed by atoms with E-state index in [1.54, 1.807) is 16.7 Å². The Morgan fingerprint density at radius 2 is 1.76 bits per heavy atom. The molecule has 1 aliphatic heterocycles. The zero-order valence-electron chi connectivity index (χ0n) is 16.5. The maximum absolute atomic E-state index is 12.8. The SMILES string of the molecule is CCOC(=O)N1CCN(C(=O)[C@H](CCC#N)NC(=O)OCc2ccccc2)CC1. The Morgan fingerprint density at radius 1 is 1.10 bits per heavy atom. The number of hydrogen-bond acceptors (Lipinski definition) is 6. The van der Waals surface area contributed by atoms with Crippen molar-refractivity contribution in [2.45, 2.75) is 32.4 Å². The predicted molar refractivity (Wildman–Crippen MR) is 104 cm³/mol. The summed E-state index contributed by atoms with van der Waals surface area (Å²) in [6, 6.07) is 10.3. The quantitative estimate of drug-likeness (QED) is 0.745. The van der Waals surface area contributed by atoms with Crippen LogP contribution in [0.25, 0.3) is 0 Å². The van der Waals surface area contributed by atoms with Gasteiger partial charge in [0.2, 0.25) is 5.91 Å². The lowest BCUT2D eigenvalue weighted by atomic mass is 10.1. The monoisotopic (exact) mass is 402 g/mol. The minimum Gasteiger partial charge on any atom is -0.450 e. The molecule has 1 aliphatic rings. The highest BCUT2D eigenvalue weighted by Crippen LogP contribution is 2.09. The van der Waals surface area contributed by atoms with Crippen molar-refractivity contribution in [1.29, 1.82) is 5.26 Å². The topological polar surface area (TPSA) is 112 Å². The molecular weight excluding hydrogens is 376 g/mol. The summed E-state index contributed by atoms with van der Waals surface area (Å²) < 4.78 is 10.1. The van der Waals surface area contributed by atoms with Gasteiger partial charge in [0.1, 0.15) is 12.6 Å². The van der Waals surface area contributed by atoms with Crippen LogP contribution in [0.4, 0.5) is 9.59 Å². The second kappa shape index (κ2) is 11.5. The Labute approximate surface area is 170 Å². The summed E-state index contributed by atoms with van der Waals surface area (Å²) in [7, 11) is 0. The van der Waals surface area contributed by atoms with Gasteiger partial charge in [-0.1, -0.05) is 30.3 Å². The second-order valence-corrected chi connectivity index (χ2v) is 6.47. The summed E-state index contributed by atoms with van der Waals surface area (Å²) in [6.07, 6.45) is -0.801. The molecule has 1 aromatic rings. The van der Waals surface area contributed by atoms with Crippen LogP contribution in [0.15, 0.2) is 30.3 Å². The third kappa shape index (κ3) is 6.99. The fourth-order valence-electron chi connectivity index (χ4n) is 2.92. The average Bonchev–Trinajstić information content (AvgIpc) is 2.75. The molecule has 1 N–H and O–H groups in total. The van der Waals surface area contributed by atoms with Crippen LogP contribution in [-0.2, 0) is 20.9 Å². The number of hydrogen-bond donors (Lipinski definition) is 1. The minimum absolute atomic E-state index is 0.0873.